The van der Waals surface area contributed by atoms with Gasteiger partial charge in [0.2, 0.25) is 6.41 Å². The number of nitrogens with zero attached hydrogens (tertiary/aromatic N) is 2. The molecule has 246 valence electrons. The molecule has 2 saturated heterocycles. The molecule has 1 saturated carbocycles. The largest absolute Gasteiger partial charge is 0.490 e. The van der Waals surface area contributed by atoms with Crippen LogP contribution in [0.4, 0.5) is 22.9 Å². The van der Waals surface area contributed by atoms with Crippen molar-refractivity contribution in [3.8, 4) is 5.75 Å². The van der Waals surface area contributed by atoms with Gasteiger partial charge in [-0.05, 0) is 75.1 Å². The van der Waals surface area contributed by atoms with Crippen molar-refractivity contribution in [2.24, 2.45) is 11.3 Å². The van der Waals surface area contributed by atoms with Gasteiger partial charge < -0.3 is 36.2 Å². The zero-order valence-corrected chi connectivity index (χ0v) is 27.6. The number of benzene rings is 2. The maximum atomic E-state index is 12.8. The summed E-state index contributed by atoms with van der Waals surface area (Å²) in [6.45, 7) is 12.8. The van der Waals surface area contributed by atoms with E-state index in [0.29, 0.717) is 45.9 Å². The number of carbonyl (C=O) groups excluding carboxylic acids is 2. The molecule has 3 aliphatic rings. The molecule has 3 aromatic rings. The summed E-state index contributed by atoms with van der Waals surface area (Å²) in [5.74, 6) is 0.716. The summed E-state index contributed by atoms with van der Waals surface area (Å²) in [7, 11) is 0. The van der Waals surface area contributed by atoms with Crippen LogP contribution in [0.25, 0.3) is 0 Å². The second-order valence-electron chi connectivity index (χ2n) is 12.6. The van der Waals surface area contributed by atoms with Gasteiger partial charge in [-0.2, -0.15) is 0 Å². The van der Waals surface area contributed by atoms with Crippen LogP contribution in [0.15, 0.2) is 60.8 Å². The smallest absolute Gasteiger partial charge is 0.255 e. The van der Waals surface area contributed by atoms with Gasteiger partial charge in [0.25, 0.3) is 5.91 Å². The quantitative estimate of drug-likeness (QED) is 0.149. The molecule has 5 N–H and O–H groups in total. The lowest BCUT2D eigenvalue weighted by Crippen LogP contribution is -2.43. The third-order valence-corrected chi connectivity index (χ3v) is 8.07. The molecule has 0 spiro atoms. The molecule has 0 bridgehead atoms. The number of hydrogen-bond acceptors (Lipinski definition) is 8. The zero-order valence-electron chi connectivity index (χ0n) is 27.6. The number of rotatable bonds is 9. The topological polar surface area (TPSA) is 143 Å². The van der Waals surface area contributed by atoms with E-state index in [2.05, 4.69) is 29.5 Å². The number of nitrogens with one attached hydrogen (secondary N) is 3. The molecule has 2 unspecified atom stereocenters. The van der Waals surface area contributed by atoms with Crippen LogP contribution in [0.5, 0.6) is 5.75 Å². The van der Waals surface area contributed by atoms with Crippen molar-refractivity contribution in [1.82, 2.24) is 9.88 Å². The molecule has 3 fully saturated rings. The van der Waals surface area contributed by atoms with Gasteiger partial charge in [-0.25, -0.2) is 4.98 Å². The Hall–Kier alpha value is -4.44. The monoisotopic (exact) mass is 628 g/mol. The molecule has 46 heavy (non-hydrogen) atoms. The first kappa shape index (κ1) is 34.4. The number of likely N-dealkylation sites (tertiary alicyclic amines) is 1. The third kappa shape index (κ3) is 9.29. The average molecular weight is 629 g/mol. The Labute approximate surface area is 272 Å². The van der Waals surface area contributed by atoms with Gasteiger partial charge in [0.15, 0.2) is 0 Å². The van der Waals surface area contributed by atoms with E-state index in [1.807, 2.05) is 45.0 Å². The van der Waals surface area contributed by atoms with Gasteiger partial charge in [-0.3, -0.25) is 9.59 Å². The number of ether oxygens (including phenoxy) is 2. The van der Waals surface area contributed by atoms with Gasteiger partial charge in [0.1, 0.15) is 11.6 Å². The van der Waals surface area contributed by atoms with Crippen molar-refractivity contribution in [2.75, 3.05) is 36.1 Å². The minimum Gasteiger partial charge on any atom is -0.490 e. The predicted octanol–water partition coefficient (Wildman–Crippen LogP) is 6.89. The number of piperidine rings is 1. The van der Waals surface area contributed by atoms with Gasteiger partial charge in [-0.15, -0.1) is 0 Å². The van der Waals surface area contributed by atoms with E-state index in [9.17, 15) is 9.59 Å². The van der Waals surface area contributed by atoms with E-state index in [4.69, 9.17) is 20.6 Å². The first-order valence-electron chi connectivity index (χ1n) is 16.2. The molecular formula is C36H48N6O4. The van der Waals surface area contributed by atoms with Crippen molar-refractivity contribution in [1.29, 1.82) is 5.41 Å². The number of aromatic nitrogens is 1. The summed E-state index contributed by atoms with van der Waals surface area (Å²) >= 11 is 0. The fourth-order valence-electron chi connectivity index (χ4n) is 5.16. The second kappa shape index (κ2) is 15.7. The van der Waals surface area contributed by atoms with E-state index in [1.54, 1.807) is 41.4 Å². The van der Waals surface area contributed by atoms with Crippen LogP contribution in [0.2, 0.25) is 0 Å². The minimum atomic E-state index is -0.227. The molecular weight excluding hydrogens is 580 g/mol. The molecule has 2 aromatic carbocycles. The van der Waals surface area contributed by atoms with Gasteiger partial charge in [0, 0.05) is 64.4 Å². The van der Waals surface area contributed by atoms with Crippen molar-refractivity contribution in [3.05, 3.63) is 71.9 Å². The number of amides is 2. The van der Waals surface area contributed by atoms with E-state index in [1.165, 1.54) is 0 Å². The Morgan fingerprint density at radius 2 is 1.76 bits per heavy atom. The highest BCUT2D eigenvalue weighted by molar-refractivity contribution is 6.07. The Morgan fingerprint density at radius 1 is 1.07 bits per heavy atom. The summed E-state index contributed by atoms with van der Waals surface area (Å²) in [5, 5.41) is 15.1. The van der Waals surface area contributed by atoms with E-state index in [0.717, 1.165) is 51.1 Å². The average Bonchev–Trinajstić information content (AvgIpc) is 3.87. The van der Waals surface area contributed by atoms with Gasteiger partial charge in [0.05, 0.1) is 25.0 Å². The van der Waals surface area contributed by atoms with Crippen LogP contribution in [-0.2, 0) is 9.53 Å². The molecule has 2 aliphatic heterocycles. The number of hydrogen-bond donors (Lipinski definition) is 4. The van der Waals surface area contributed by atoms with E-state index < -0.39 is 0 Å². The van der Waals surface area contributed by atoms with Crippen LogP contribution < -0.4 is 21.1 Å². The lowest BCUT2D eigenvalue weighted by Gasteiger charge is -2.36. The van der Waals surface area contributed by atoms with Crippen molar-refractivity contribution < 1.29 is 19.1 Å². The molecule has 10 nitrogen and oxygen atoms in total. The maximum Gasteiger partial charge on any atom is 0.255 e. The molecule has 3 heterocycles. The van der Waals surface area contributed by atoms with Crippen LogP contribution >= 0.6 is 0 Å². The summed E-state index contributed by atoms with van der Waals surface area (Å²) in [4.78, 5) is 30.2. The molecule has 6 rings (SSSR count). The Bertz CT molecular complexity index is 1480. The van der Waals surface area contributed by atoms with Crippen molar-refractivity contribution in [2.45, 2.75) is 72.4 Å². The van der Waals surface area contributed by atoms with E-state index >= 15 is 0 Å². The van der Waals surface area contributed by atoms with Crippen LogP contribution in [0, 0.1) is 16.7 Å². The summed E-state index contributed by atoms with van der Waals surface area (Å²) in [6.07, 6.45) is 6.55. The standard InChI is InChI=1S/C29H32N6O3.C5H10O.C2H6/c1-18-5-6-20(16-35(18)17-36)26(30)25-13-14-32-28(31)27(25)33-21-9-7-19(8-10-21)29(37)34-22-3-2-4-24(15-22)38-23-11-12-23;1-5(2)3-6-4-5;1-2/h2-4,7-10,13-15,17-18,20,23,30,33H,5-6,11-12,16H2,1H3,(H2,31,32)(H,34,37);3-4H2,1-2H3;1-2H3. The number of anilines is 4. The minimum absolute atomic E-state index is 0.0852. The molecule has 0 radical (unpaired) electrons. The summed E-state index contributed by atoms with van der Waals surface area (Å²) in [6, 6.07) is 16.4. The number of carbonyl (C=O) groups is 2. The highest BCUT2D eigenvalue weighted by Crippen LogP contribution is 2.32. The first-order chi connectivity index (χ1) is 22.1. The van der Waals surface area contributed by atoms with Crippen molar-refractivity contribution >= 4 is 40.9 Å². The SMILES string of the molecule is CC.CC1(C)COC1.CC1CCC(C(=N)c2ccnc(N)c2Nc2ccc(C(=O)Nc3cccc(OC4CC4)c3)cc2)CN1C=O. The Kier molecular flexibility index (Phi) is 11.8. The van der Waals surface area contributed by atoms with Crippen molar-refractivity contribution in [3.63, 3.8) is 0 Å². The fourth-order valence-corrected chi connectivity index (χ4v) is 5.16. The Morgan fingerprint density at radius 3 is 2.37 bits per heavy atom. The fraction of sp³-hybridized carbons (Fsp3) is 0.444. The molecule has 2 amide bonds. The highest BCUT2D eigenvalue weighted by atomic mass is 16.5. The lowest BCUT2D eigenvalue weighted by atomic mass is 9.86. The van der Waals surface area contributed by atoms with Gasteiger partial charge >= 0.3 is 0 Å². The van der Waals surface area contributed by atoms with Crippen LogP contribution in [0.1, 0.15) is 76.2 Å². The highest BCUT2D eigenvalue weighted by Gasteiger charge is 2.29. The normalized spacial score (nSPS) is 19.5. The molecule has 10 heteroatoms. The molecule has 1 aliphatic carbocycles. The number of pyridine rings is 1. The lowest BCUT2D eigenvalue weighted by molar-refractivity contribution is -0.121. The summed E-state index contributed by atoms with van der Waals surface area (Å²) < 4.78 is 10.7. The molecule has 1 aromatic heterocycles. The number of nitrogen functional groups attached to an aromatic ring is 1. The maximum absolute atomic E-state index is 12.8. The van der Waals surface area contributed by atoms with Crippen LogP contribution in [0.3, 0.4) is 0 Å². The number of nitrogens with two attached hydrogens (primary N) is 1. The first-order valence-corrected chi connectivity index (χ1v) is 16.2. The third-order valence-electron chi connectivity index (χ3n) is 8.07. The second-order valence-corrected chi connectivity index (χ2v) is 12.6. The molecule has 2 atom stereocenters. The Balaban J connectivity index is 0.000000531. The van der Waals surface area contributed by atoms with Gasteiger partial charge in [-0.1, -0.05) is 33.8 Å². The predicted molar refractivity (Wildman–Crippen MR) is 184 cm³/mol. The summed E-state index contributed by atoms with van der Waals surface area (Å²) in [5.41, 5.74) is 10.2. The zero-order chi connectivity index (χ0) is 33.3. The van der Waals surface area contributed by atoms with Crippen LogP contribution in [-0.4, -0.2) is 59.8 Å². The van der Waals surface area contributed by atoms with E-state index in [-0.39, 0.29) is 29.8 Å².